The normalized spacial score (nSPS) is 16.8. The number of carbonyl (C=O) groups is 1. The van der Waals surface area contributed by atoms with Gasteiger partial charge in [0.15, 0.2) is 0 Å². The zero-order chi connectivity index (χ0) is 36.7. The smallest absolute Gasteiger partial charge is 0.283 e. The summed E-state index contributed by atoms with van der Waals surface area (Å²) in [5.41, 5.74) is 7.71. The van der Waals surface area contributed by atoms with Gasteiger partial charge in [0.1, 0.15) is 16.2 Å². The molecule has 0 atom stereocenters. The highest BCUT2D eigenvalue weighted by molar-refractivity contribution is 7.90. The van der Waals surface area contributed by atoms with Crippen molar-refractivity contribution in [2.75, 3.05) is 37.6 Å². The summed E-state index contributed by atoms with van der Waals surface area (Å²) in [4.78, 5) is 30.9. The summed E-state index contributed by atoms with van der Waals surface area (Å²) in [5, 5.41) is 4.48. The molecule has 1 aliphatic heterocycles. The third-order valence-electron chi connectivity index (χ3n) is 10.5. The molecule has 0 unspecified atom stereocenters. The van der Waals surface area contributed by atoms with Gasteiger partial charge in [0.25, 0.3) is 15.9 Å². The van der Waals surface area contributed by atoms with E-state index in [-0.39, 0.29) is 16.0 Å². The molecule has 12 heteroatoms. The Morgan fingerprint density at radius 3 is 2.60 bits per heavy atom. The number of thiophene rings is 1. The minimum atomic E-state index is -4.24. The second kappa shape index (κ2) is 14.4. The topological polar surface area (TPSA) is 111 Å². The zero-order valence-electron chi connectivity index (χ0n) is 29.7. The Kier molecular flexibility index (Phi) is 9.61. The summed E-state index contributed by atoms with van der Waals surface area (Å²) < 4.78 is 30.1. The van der Waals surface area contributed by atoms with Crippen LogP contribution in [0, 0.1) is 5.41 Å². The van der Waals surface area contributed by atoms with E-state index < -0.39 is 15.9 Å². The van der Waals surface area contributed by atoms with Crippen molar-refractivity contribution in [3.8, 4) is 0 Å². The molecule has 0 saturated carbocycles. The number of benzene rings is 2. The van der Waals surface area contributed by atoms with E-state index in [1.807, 2.05) is 54.0 Å². The number of fused-ring (bicyclic) bond motifs is 2. The van der Waals surface area contributed by atoms with Crippen LogP contribution in [0.2, 0.25) is 5.02 Å². The maximum atomic E-state index is 13.9. The first-order valence-electron chi connectivity index (χ1n) is 17.9. The van der Waals surface area contributed by atoms with Gasteiger partial charge in [-0.2, -0.15) is 0 Å². The van der Waals surface area contributed by atoms with Crippen molar-refractivity contribution in [3.05, 3.63) is 124 Å². The van der Waals surface area contributed by atoms with Gasteiger partial charge in [-0.3, -0.25) is 9.69 Å². The first kappa shape index (κ1) is 35.5. The molecule has 1 fully saturated rings. The number of rotatable bonds is 9. The molecule has 2 aromatic carbocycles. The molecule has 0 radical (unpaired) electrons. The number of hydrogen-bond acceptors (Lipinski definition) is 8. The number of aromatic amines is 1. The Hall–Kier alpha value is -4.55. The van der Waals surface area contributed by atoms with Gasteiger partial charge in [0.05, 0.1) is 4.90 Å². The van der Waals surface area contributed by atoms with Crippen molar-refractivity contribution in [2.45, 2.75) is 44.4 Å². The minimum absolute atomic E-state index is 0.0506. The van der Waals surface area contributed by atoms with Crippen LogP contribution in [-0.2, 0) is 16.4 Å². The van der Waals surface area contributed by atoms with Crippen LogP contribution >= 0.6 is 22.9 Å². The summed E-state index contributed by atoms with van der Waals surface area (Å²) in [6.45, 7) is 9.05. The standard InChI is InChI=1S/C41H41ClN6O3S2/c1-41(2)14-11-31(35(24-41)28-3-6-33(42)7-4-28)26-47-16-18-48(19-17-47)34-8-10-37(32(23-34)22-27-21-30-12-15-43-38(30)44-25-27)53(50,51)46-39(49)36-9-5-29-13-20-52-40(29)45-36/h3-10,12-13,15,20-21,23,25H,11,14,16-19,22,24,26H2,1-2H3,(H,43,44)(H,46,49). The summed E-state index contributed by atoms with van der Waals surface area (Å²) in [6.07, 6.45) is 7.23. The first-order valence-corrected chi connectivity index (χ1v) is 20.6. The number of hydrogen-bond donors (Lipinski definition) is 2. The molecule has 0 spiro atoms. The number of anilines is 1. The molecular weight excluding hydrogens is 724 g/mol. The van der Waals surface area contributed by atoms with Crippen LogP contribution in [0.4, 0.5) is 5.69 Å². The first-order chi connectivity index (χ1) is 25.5. The van der Waals surface area contributed by atoms with Gasteiger partial charge in [-0.1, -0.05) is 43.2 Å². The van der Waals surface area contributed by atoms with Gasteiger partial charge < -0.3 is 9.88 Å². The van der Waals surface area contributed by atoms with Crippen LogP contribution in [-0.4, -0.2) is 66.9 Å². The predicted octanol–water partition coefficient (Wildman–Crippen LogP) is 8.32. The summed E-state index contributed by atoms with van der Waals surface area (Å²) in [7, 11) is -4.24. The van der Waals surface area contributed by atoms with Gasteiger partial charge >= 0.3 is 0 Å². The van der Waals surface area contributed by atoms with Crippen LogP contribution in [0.15, 0.2) is 101 Å². The van der Waals surface area contributed by atoms with Crippen molar-refractivity contribution in [1.29, 1.82) is 0 Å². The van der Waals surface area contributed by atoms with Crippen LogP contribution in [0.3, 0.4) is 0 Å². The molecule has 0 bridgehead atoms. The summed E-state index contributed by atoms with van der Waals surface area (Å²) in [6, 6.07) is 22.9. The van der Waals surface area contributed by atoms with Crippen molar-refractivity contribution in [1.82, 2.24) is 24.6 Å². The SMILES string of the molecule is CC1(C)CCC(CN2CCN(c3ccc(S(=O)(=O)NC(=O)c4ccc5ccsc5n4)c(Cc4cnc5[nH]ccc5c4)c3)CC2)=C(c2ccc(Cl)cc2)C1. The van der Waals surface area contributed by atoms with E-state index in [0.717, 1.165) is 78.3 Å². The molecule has 272 valence electrons. The number of halogens is 1. The number of aromatic nitrogens is 3. The Balaban J connectivity index is 1.03. The number of sulfonamides is 1. The molecule has 8 rings (SSSR count). The fourth-order valence-electron chi connectivity index (χ4n) is 7.56. The average molecular weight is 765 g/mol. The minimum Gasteiger partial charge on any atom is -0.369 e. The second-order valence-electron chi connectivity index (χ2n) is 14.9. The fourth-order valence-corrected chi connectivity index (χ4v) is 9.64. The van der Waals surface area contributed by atoms with Crippen molar-refractivity contribution in [2.24, 2.45) is 5.41 Å². The Morgan fingerprint density at radius 1 is 0.981 bits per heavy atom. The molecule has 5 heterocycles. The van der Waals surface area contributed by atoms with Crippen molar-refractivity contribution in [3.63, 3.8) is 0 Å². The Bertz CT molecular complexity index is 2460. The molecule has 1 saturated heterocycles. The largest absolute Gasteiger partial charge is 0.369 e. The highest BCUT2D eigenvalue weighted by atomic mass is 35.5. The number of H-pyrrole nitrogens is 1. The van der Waals surface area contributed by atoms with Gasteiger partial charge in [0, 0.05) is 73.0 Å². The maximum Gasteiger partial charge on any atom is 0.283 e. The van der Waals surface area contributed by atoms with Crippen molar-refractivity contribution >= 4 is 71.4 Å². The van der Waals surface area contributed by atoms with E-state index in [9.17, 15) is 13.2 Å². The van der Waals surface area contributed by atoms with Gasteiger partial charge in [-0.25, -0.2) is 23.1 Å². The summed E-state index contributed by atoms with van der Waals surface area (Å²) in [5.74, 6) is -0.766. The number of nitrogens with zero attached hydrogens (tertiary/aromatic N) is 4. The second-order valence-corrected chi connectivity index (χ2v) is 17.8. The predicted molar refractivity (Wildman–Crippen MR) is 214 cm³/mol. The molecule has 2 aliphatic rings. The average Bonchev–Trinajstić information content (AvgIpc) is 3.82. The fraction of sp³-hybridized carbons (Fsp3) is 0.293. The Labute approximate surface area is 318 Å². The quantitative estimate of drug-likeness (QED) is 0.152. The third kappa shape index (κ3) is 7.75. The van der Waals surface area contributed by atoms with Crippen LogP contribution in [0.5, 0.6) is 0 Å². The molecule has 9 nitrogen and oxygen atoms in total. The molecule has 4 aromatic heterocycles. The maximum absolute atomic E-state index is 13.9. The molecule has 1 aliphatic carbocycles. The monoisotopic (exact) mass is 764 g/mol. The van der Waals surface area contributed by atoms with Gasteiger partial charge in [-0.15, -0.1) is 11.3 Å². The van der Waals surface area contributed by atoms with E-state index in [1.54, 1.807) is 24.4 Å². The van der Waals surface area contributed by atoms with Crippen LogP contribution in [0.25, 0.3) is 26.8 Å². The lowest BCUT2D eigenvalue weighted by atomic mass is 9.72. The van der Waals surface area contributed by atoms with Crippen LogP contribution in [0.1, 0.15) is 60.3 Å². The number of nitrogens with one attached hydrogen (secondary N) is 2. The van der Waals surface area contributed by atoms with Gasteiger partial charge in [-0.05, 0) is 113 Å². The molecule has 53 heavy (non-hydrogen) atoms. The number of pyridine rings is 2. The van der Waals surface area contributed by atoms with Crippen molar-refractivity contribution < 1.29 is 13.2 Å². The lowest BCUT2D eigenvalue weighted by Gasteiger charge is -2.39. The molecule has 6 aromatic rings. The molecular formula is C41H41ClN6O3S2. The number of piperazine rings is 1. The zero-order valence-corrected chi connectivity index (χ0v) is 32.1. The Morgan fingerprint density at radius 2 is 1.79 bits per heavy atom. The van der Waals surface area contributed by atoms with E-state index >= 15 is 0 Å². The number of carbonyl (C=O) groups excluding carboxylic acids is 1. The van der Waals surface area contributed by atoms with E-state index in [0.29, 0.717) is 16.8 Å². The van der Waals surface area contributed by atoms with E-state index in [1.165, 1.54) is 34.5 Å². The lowest BCUT2D eigenvalue weighted by Crippen LogP contribution is -2.47. The molecule has 1 amide bonds. The van der Waals surface area contributed by atoms with E-state index in [2.05, 4.69) is 55.5 Å². The lowest BCUT2D eigenvalue weighted by molar-refractivity contribution is 0.0977. The highest BCUT2D eigenvalue weighted by Crippen LogP contribution is 2.43. The summed E-state index contributed by atoms with van der Waals surface area (Å²) >= 11 is 7.63. The highest BCUT2D eigenvalue weighted by Gasteiger charge is 2.30. The van der Waals surface area contributed by atoms with Crippen LogP contribution < -0.4 is 9.62 Å². The number of allylic oxidation sites excluding steroid dienone is 1. The molecule has 2 N–H and O–H groups in total. The third-order valence-corrected chi connectivity index (χ3v) is 13.0. The van der Waals surface area contributed by atoms with E-state index in [4.69, 9.17) is 11.6 Å². The number of amides is 1. The van der Waals surface area contributed by atoms with Gasteiger partial charge in [0.2, 0.25) is 0 Å².